The van der Waals surface area contributed by atoms with Crippen LogP contribution in [-0.4, -0.2) is 43.9 Å². The summed E-state index contributed by atoms with van der Waals surface area (Å²) in [5.41, 5.74) is 6.44. The minimum atomic E-state index is -3.18. The Morgan fingerprint density at radius 2 is 1.95 bits per heavy atom. The van der Waals surface area contributed by atoms with Crippen LogP contribution in [0, 0.1) is 5.82 Å². The second kappa shape index (κ2) is 8.01. The van der Waals surface area contributed by atoms with Gasteiger partial charge in [0, 0.05) is 58.2 Å². The quantitative estimate of drug-likeness (QED) is 0.432. The molecule has 11 heteroatoms. The van der Waals surface area contributed by atoms with E-state index in [9.17, 15) is 13.6 Å². The number of aromatic nitrogens is 4. The van der Waals surface area contributed by atoms with Crippen LogP contribution in [0.3, 0.4) is 0 Å². The molecule has 0 unspecified atom stereocenters. The zero-order valence-electron chi connectivity index (χ0n) is 22.7. The van der Waals surface area contributed by atoms with E-state index < -0.39 is 42.9 Å². The molecular formula is C26H23F3N6O2. The van der Waals surface area contributed by atoms with Crippen molar-refractivity contribution in [1.82, 2.24) is 24.4 Å². The van der Waals surface area contributed by atoms with Gasteiger partial charge in [-0.05, 0) is 32.0 Å². The number of nitrogens with two attached hydrogens (primary N) is 1. The van der Waals surface area contributed by atoms with E-state index in [0.717, 1.165) is 4.90 Å². The Balaban J connectivity index is 1.59. The summed E-state index contributed by atoms with van der Waals surface area (Å²) in [6.45, 7) is -2.57. The smallest absolute Gasteiger partial charge is 0.387 e. The van der Waals surface area contributed by atoms with E-state index in [1.165, 1.54) is 42.7 Å². The molecule has 0 saturated heterocycles. The van der Waals surface area contributed by atoms with Gasteiger partial charge >= 0.3 is 6.61 Å². The number of halogens is 3. The molecule has 0 spiro atoms. The molecule has 2 atom stereocenters. The van der Waals surface area contributed by atoms with Crippen LogP contribution in [0.4, 0.5) is 13.2 Å². The third kappa shape index (κ3) is 3.56. The molecule has 8 nitrogen and oxygen atoms in total. The highest BCUT2D eigenvalue weighted by molar-refractivity contribution is 5.98. The highest BCUT2D eigenvalue weighted by Crippen LogP contribution is 2.50. The lowest BCUT2D eigenvalue weighted by molar-refractivity contribution is -0.0507. The van der Waals surface area contributed by atoms with Crippen molar-refractivity contribution in [1.29, 1.82) is 0 Å². The van der Waals surface area contributed by atoms with Crippen molar-refractivity contribution in [3.8, 4) is 16.9 Å². The molecule has 0 aliphatic carbocycles. The Bertz CT molecular complexity index is 1670. The second-order valence-corrected chi connectivity index (χ2v) is 9.72. The number of ether oxygens (including phenoxy) is 1. The number of alkyl halides is 2. The van der Waals surface area contributed by atoms with Gasteiger partial charge in [0.2, 0.25) is 0 Å². The lowest BCUT2D eigenvalue weighted by Gasteiger charge is -2.24. The first-order valence-electron chi connectivity index (χ1n) is 13.0. The monoisotopic (exact) mass is 511 g/mol. The van der Waals surface area contributed by atoms with Crippen molar-refractivity contribution in [2.75, 3.05) is 6.98 Å². The molecular weight excluding hydrogens is 485 g/mol. The maximum absolute atomic E-state index is 15.4. The maximum atomic E-state index is 15.4. The predicted octanol–water partition coefficient (Wildman–Crippen LogP) is 4.55. The van der Waals surface area contributed by atoms with Crippen molar-refractivity contribution in [2.45, 2.75) is 44.5 Å². The van der Waals surface area contributed by atoms with Gasteiger partial charge in [0.05, 0.1) is 28.7 Å². The fourth-order valence-electron chi connectivity index (χ4n) is 5.15. The average Bonchev–Trinajstić information content (AvgIpc) is 3.34. The number of hydrogen-bond donors (Lipinski definition) is 1. The van der Waals surface area contributed by atoms with Crippen LogP contribution in [0.1, 0.15) is 64.0 Å². The number of imidazole rings is 1. The molecule has 2 aliphatic heterocycles. The third-order valence-electron chi connectivity index (χ3n) is 6.78. The number of carbonyl (C=O) groups excluding carboxylic acids is 1. The summed E-state index contributed by atoms with van der Waals surface area (Å²) < 4.78 is 72.9. The number of hydrogen-bond acceptors (Lipinski definition) is 6. The number of carbonyl (C=O) groups is 1. The predicted molar refractivity (Wildman–Crippen MR) is 129 cm³/mol. The molecule has 4 aromatic rings. The molecule has 0 radical (unpaired) electrons. The first-order chi connectivity index (χ1) is 18.8. The summed E-state index contributed by atoms with van der Waals surface area (Å²) in [5.74, 6) is -1.16. The topological polar surface area (TPSA) is 99.2 Å². The van der Waals surface area contributed by atoms with E-state index in [4.69, 9.17) is 14.6 Å². The van der Waals surface area contributed by atoms with Gasteiger partial charge < -0.3 is 19.9 Å². The Morgan fingerprint density at radius 3 is 2.62 bits per heavy atom. The molecule has 37 heavy (non-hydrogen) atoms. The van der Waals surface area contributed by atoms with Crippen LogP contribution < -0.4 is 10.5 Å². The molecule has 190 valence electrons. The van der Waals surface area contributed by atoms with Gasteiger partial charge in [-0.1, -0.05) is 6.07 Å². The summed E-state index contributed by atoms with van der Waals surface area (Å²) in [4.78, 5) is 27.3. The Hall–Kier alpha value is -3.99. The van der Waals surface area contributed by atoms with Crippen molar-refractivity contribution < 1.29 is 26.8 Å². The SMILES string of the molecule is [2H]C([2H])([2H])N1C(=O)c2cccc(OC(F)F)c2[C@H]2C[C@@H]1c1nc3cc(F)c(-c4cnc(C(C)(C)N)nc4)cc3n12. The van der Waals surface area contributed by atoms with Gasteiger partial charge in [0.1, 0.15) is 23.2 Å². The summed E-state index contributed by atoms with van der Waals surface area (Å²) in [6, 6.07) is 4.97. The molecule has 2 aliphatic rings. The lowest BCUT2D eigenvalue weighted by atomic mass is 9.97. The normalized spacial score (nSPS) is 20.4. The maximum Gasteiger partial charge on any atom is 0.387 e. The Kier molecular flexibility index (Phi) is 4.35. The van der Waals surface area contributed by atoms with E-state index >= 15 is 4.39 Å². The van der Waals surface area contributed by atoms with Crippen LogP contribution in [0.15, 0.2) is 42.7 Å². The number of amides is 1. The van der Waals surface area contributed by atoms with E-state index in [1.807, 2.05) is 0 Å². The largest absolute Gasteiger partial charge is 0.434 e. The molecule has 2 bridgehead atoms. The highest BCUT2D eigenvalue weighted by Gasteiger charge is 2.45. The van der Waals surface area contributed by atoms with Crippen molar-refractivity contribution in [3.05, 3.63) is 71.3 Å². The van der Waals surface area contributed by atoms with Gasteiger partial charge in [-0.2, -0.15) is 8.78 Å². The molecule has 2 aromatic heterocycles. The number of nitrogens with zero attached hydrogens (tertiary/aromatic N) is 5. The van der Waals surface area contributed by atoms with Crippen molar-refractivity contribution in [2.24, 2.45) is 5.73 Å². The van der Waals surface area contributed by atoms with Crippen LogP contribution >= 0.6 is 0 Å². The van der Waals surface area contributed by atoms with Gasteiger partial charge in [-0.3, -0.25) is 4.79 Å². The fourth-order valence-corrected chi connectivity index (χ4v) is 5.15. The molecule has 1 amide bonds. The Morgan fingerprint density at radius 1 is 1.19 bits per heavy atom. The Labute approximate surface area is 214 Å². The van der Waals surface area contributed by atoms with E-state index in [0.29, 0.717) is 16.9 Å². The van der Waals surface area contributed by atoms with E-state index in [1.54, 1.807) is 18.4 Å². The molecule has 0 saturated carbocycles. The van der Waals surface area contributed by atoms with Crippen LogP contribution in [0.2, 0.25) is 0 Å². The van der Waals surface area contributed by atoms with E-state index in [-0.39, 0.29) is 40.2 Å². The third-order valence-corrected chi connectivity index (χ3v) is 6.78. The minimum Gasteiger partial charge on any atom is -0.434 e. The van der Waals surface area contributed by atoms with Gasteiger partial charge in [0.25, 0.3) is 5.91 Å². The zero-order valence-corrected chi connectivity index (χ0v) is 19.7. The number of fused-ring (bicyclic) bond motifs is 9. The highest BCUT2D eigenvalue weighted by atomic mass is 19.3. The summed E-state index contributed by atoms with van der Waals surface area (Å²) in [6.07, 6.45) is 2.95. The molecule has 6 rings (SSSR count). The second-order valence-electron chi connectivity index (χ2n) is 9.72. The van der Waals surface area contributed by atoms with Gasteiger partial charge in [-0.15, -0.1) is 0 Å². The van der Waals surface area contributed by atoms with Crippen molar-refractivity contribution in [3.63, 3.8) is 0 Å². The summed E-state index contributed by atoms with van der Waals surface area (Å²) in [5, 5.41) is 0. The average molecular weight is 512 g/mol. The molecule has 2 aromatic carbocycles. The van der Waals surface area contributed by atoms with Crippen molar-refractivity contribution >= 4 is 16.9 Å². The molecule has 4 heterocycles. The van der Waals surface area contributed by atoms with E-state index in [2.05, 4.69) is 15.0 Å². The first kappa shape index (κ1) is 20.1. The van der Waals surface area contributed by atoms with Gasteiger partial charge in [-0.25, -0.2) is 19.3 Å². The summed E-state index contributed by atoms with van der Waals surface area (Å²) >= 11 is 0. The first-order valence-corrected chi connectivity index (χ1v) is 11.5. The van der Waals surface area contributed by atoms with Crippen LogP contribution in [-0.2, 0) is 5.54 Å². The minimum absolute atomic E-state index is 0.0507. The summed E-state index contributed by atoms with van der Waals surface area (Å²) in [7, 11) is 0. The fraction of sp³-hybridized carbons (Fsp3) is 0.308. The number of benzene rings is 2. The van der Waals surface area contributed by atoms with Crippen LogP contribution in [0.5, 0.6) is 5.75 Å². The molecule has 0 fully saturated rings. The zero-order chi connectivity index (χ0) is 28.7. The molecule has 2 N–H and O–H groups in total. The van der Waals surface area contributed by atoms with Crippen LogP contribution in [0.25, 0.3) is 22.2 Å². The lowest BCUT2D eigenvalue weighted by Crippen LogP contribution is -2.31. The number of rotatable bonds is 4. The van der Waals surface area contributed by atoms with Gasteiger partial charge in [0.15, 0.2) is 0 Å². The standard InChI is InChI=1S/C26H23F3N6O2/c1-26(2,30)24-31-10-12(11-32-24)14-7-17-16(8-15(14)27)33-22-19-9-18(35(17)22)21-13(23(36)34(19)3)5-4-6-20(21)37-25(28)29/h4-8,10-11,18-19,25H,9,30H2,1-3H3/t18-,19-/m1/s1/i3D3.